The third kappa shape index (κ3) is 1.93. The fourth-order valence-electron chi connectivity index (χ4n) is 8.14. The molecular weight excluding hydrogens is 344 g/mol. The second kappa shape index (κ2) is 5.15. The van der Waals surface area contributed by atoms with Crippen molar-refractivity contribution in [3.05, 3.63) is 0 Å². The SMILES string of the molecule is C[C@@H]1C(=O)[C@@]2(C)CC[C@]34CCCCC[C@H]3C[C@@]3(O[C@@H]5CC(=O)O[C@@H]5[C@@H]1[C@H]32)O4. The number of Topliss-reactive ketones (excluding diaryl/α,β-unsaturated/α-hetero) is 1. The molecule has 0 unspecified atom stereocenters. The van der Waals surface area contributed by atoms with Gasteiger partial charge in [0, 0.05) is 29.6 Å². The van der Waals surface area contributed by atoms with Gasteiger partial charge >= 0.3 is 5.97 Å². The lowest BCUT2D eigenvalue weighted by Gasteiger charge is -2.50. The molecule has 2 spiro atoms. The summed E-state index contributed by atoms with van der Waals surface area (Å²) >= 11 is 0. The minimum absolute atomic E-state index is 0.00551. The number of ether oxygens (including phenoxy) is 3. The molecule has 6 aliphatic rings. The van der Waals surface area contributed by atoms with Gasteiger partial charge in [-0.25, -0.2) is 0 Å². The van der Waals surface area contributed by atoms with Crippen LogP contribution in [0.2, 0.25) is 0 Å². The van der Waals surface area contributed by atoms with Crippen LogP contribution in [0.1, 0.15) is 71.6 Å². The Morgan fingerprint density at radius 2 is 1.93 bits per heavy atom. The molecule has 0 aromatic rings. The Kier molecular flexibility index (Phi) is 3.24. The Labute approximate surface area is 160 Å². The molecule has 2 aliphatic carbocycles. The summed E-state index contributed by atoms with van der Waals surface area (Å²) in [7, 11) is 0. The van der Waals surface area contributed by atoms with E-state index in [1.165, 1.54) is 25.7 Å². The summed E-state index contributed by atoms with van der Waals surface area (Å²) in [6.07, 6.45) is 8.54. The lowest BCUT2D eigenvalue weighted by molar-refractivity contribution is -0.339. The topological polar surface area (TPSA) is 61.8 Å². The van der Waals surface area contributed by atoms with Gasteiger partial charge in [0.05, 0.1) is 12.0 Å². The van der Waals surface area contributed by atoms with Crippen molar-refractivity contribution >= 4 is 11.8 Å². The molecule has 4 saturated heterocycles. The molecule has 0 radical (unpaired) electrons. The Balaban J connectivity index is 1.51. The third-order valence-electron chi connectivity index (χ3n) is 9.20. The summed E-state index contributed by atoms with van der Waals surface area (Å²) in [5, 5.41) is 0. The van der Waals surface area contributed by atoms with Gasteiger partial charge in [0.15, 0.2) is 5.79 Å². The molecule has 27 heavy (non-hydrogen) atoms. The van der Waals surface area contributed by atoms with Gasteiger partial charge in [-0.1, -0.05) is 33.1 Å². The maximum Gasteiger partial charge on any atom is 0.308 e. The Bertz CT molecular complexity index is 719. The molecule has 148 valence electrons. The van der Waals surface area contributed by atoms with Gasteiger partial charge in [0.25, 0.3) is 0 Å². The second-order valence-electron chi connectivity index (χ2n) is 10.4. The second-order valence-corrected chi connectivity index (χ2v) is 10.4. The Morgan fingerprint density at radius 1 is 1.07 bits per heavy atom. The highest BCUT2D eigenvalue weighted by molar-refractivity contribution is 5.90. The third-order valence-corrected chi connectivity index (χ3v) is 9.20. The number of esters is 1. The zero-order valence-corrected chi connectivity index (χ0v) is 16.4. The van der Waals surface area contributed by atoms with E-state index in [4.69, 9.17) is 14.2 Å². The first-order chi connectivity index (χ1) is 12.9. The van der Waals surface area contributed by atoms with Crippen LogP contribution in [0.15, 0.2) is 0 Å². The maximum atomic E-state index is 13.5. The van der Waals surface area contributed by atoms with E-state index in [-0.39, 0.29) is 41.5 Å². The summed E-state index contributed by atoms with van der Waals surface area (Å²) in [6.45, 7) is 4.18. The molecule has 9 atom stereocenters. The number of hydrogen-bond acceptors (Lipinski definition) is 5. The highest BCUT2D eigenvalue weighted by Crippen LogP contribution is 2.69. The predicted octanol–water partition coefficient (Wildman–Crippen LogP) is 3.39. The van der Waals surface area contributed by atoms with Crippen molar-refractivity contribution < 1.29 is 23.8 Å². The van der Waals surface area contributed by atoms with Crippen molar-refractivity contribution in [2.45, 2.75) is 95.2 Å². The Morgan fingerprint density at radius 3 is 2.78 bits per heavy atom. The molecule has 6 rings (SSSR count). The number of hydrogen-bond donors (Lipinski definition) is 0. The first kappa shape index (κ1) is 17.0. The molecule has 2 bridgehead atoms. The lowest BCUT2D eigenvalue weighted by Crippen LogP contribution is -2.59. The van der Waals surface area contributed by atoms with Crippen LogP contribution in [0.4, 0.5) is 0 Å². The quantitative estimate of drug-likeness (QED) is 0.608. The largest absolute Gasteiger partial charge is 0.459 e. The molecular formula is C22H30O5. The van der Waals surface area contributed by atoms with Crippen LogP contribution in [0.5, 0.6) is 0 Å². The van der Waals surface area contributed by atoms with Crippen LogP contribution in [0.3, 0.4) is 0 Å². The van der Waals surface area contributed by atoms with Gasteiger partial charge < -0.3 is 14.2 Å². The molecule has 5 nitrogen and oxygen atoms in total. The van der Waals surface area contributed by atoms with Crippen molar-refractivity contribution in [2.75, 3.05) is 0 Å². The molecule has 0 amide bonds. The summed E-state index contributed by atoms with van der Waals surface area (Å²) in [4.78, 5) is 25.6. The highest BCUT2D eigenvalue weighted by Gasteiger charge is 2.76. The average Bonchev–Trinajstić information content (AvgIpc) is 3.11. The summed E-state index contributed by atoms with van der Waals surface area (Å²) in [6, 6.07) is 0. The van der Waals surface area contributed by atoms with E-state index in [9.17, 15) is 9.59 Å². The lowest BCUT2D eigenvalue weighted by atomic mass is 9.62. The number of rotatable bonds is 0. The van der Waals surface area contributed by atoms with E-state index in [1.54, 1.807) is 0 Å². The Hall–Kier alpha value is -0.940. The predicted molar refractivity (Wildman–Crippen MR) is 95.6 cm³/mol. The number of carbonyl (C=O) groups is 2. The van der Waals surface area contributed by atoms with Crippen molar-refractivity contribution in [2.24, 2.45) is 29.1 Å². The summed E-state index contributed by atoms with van der Waals surface area (Å²) < 4.78 is 19.4. The zero-order valence-electron chi connectivity index (χ0n) is 16.4. The van der Waals surface area contributed by atoms with Crippen molar-refractivity contribution in [1.82, 2.24) is 0 Å². The zero-order chi connectivity index (χ0) is 18.6. The van der Waals surface area contributed by atoms with E-state index in [1.807, 2.05) is 6.92 Å². The van der Waals surface area contributed by atoms with Crippen LogP contribution < -0.4 is 0 Å². The molecule has 4 heterocycles. The van der Waals surface area contributed by atoms with Gasteiger partial charge in [-0.15, -0.1) is 0 Å². The normalized spacial score (nSPS) is 58.7. The smallest absolute Gasteiger partial charge is 0.308 e. The molecule has 5 heteroatoms. The van der Waals surface area contributed by atoms with Crippen molar-refractivity contribution in [1.29, 1.82) is 0 Å². The number of carbonyl (C=O) groups excluding carboxylic acids is 2. The molecule has 6 fully saturated rings. The van der Waals surface area contributed by atoms with E-state index < -0.39 is 11.2 Å². The first-order valence-electron chi connectivity index (χ1n) is 11.0. The average molecular weight is 374 g/mol. The first-order valence-corrected chi connectivity index (χ1v) is 11.0. The molecule has 2 saturated carbocycles. The van der Waals surface area contributed by atoms with Gasteiger partial charge in [0.2, 0.25) is 0 Å². The minimum Gasteiger partial charge on any atom is -0.459 e. The van der Waals surface area contributed by atoms with Crippen LogP contribution >= 0.6 is 0 Å². The van der Waals surface area contributed by atoms with Crippen LogP contribution in [0.25, 0.3) is 0 Å². The van der Waals surface area contributed by atoms with Gasteiger partial charge in [-0.05, 0) is 31.6 Å². The molecule has 0 aromatic carbocycles. The fourth-order valence-corrected chi connectivity index (χ4v) is 8.14. The van der Waals surface area contributed by atoms with Crippen molar-refractivity contribution in [3.8, 4) is 0 Å². The van der Waals surface area contributed by atoms with E-state index in [0.717, 1.165) is 25.7 Å². The fraction of sp³-hybridized carbons (Fsp3) is 0.909. The molecule has 0 N–H and O–H groups in total. The highest BCUT2D eigenvalue weighted by atomic mass is 16.7. The van der Waals surface area contributed by atoms with Gasteiger partial charge in [-0.2, -0.15) is 0 Å². The van der Waals surface area contributed by atoms with E-state index in [0.29, 0.717) is 18.1 Å². The minimum atomic E-state index is -0.701. The van der Waals surface area contributed by atoms with E-state index in [2.05, 4.69) is 6.92 Å². The molecule has 0 aromatic heterocycles. The van der Waals surface area contributed by atoms with Crippen LogP contribution in [-0.2, 0) is 23.8 Å². The number of ketones is 1. The monoisotopic (exact) mass is 374 g/mol. The van der Waals surface area contributed by atoms with Crippen LogP contribution in [0, 0.1) is 29.1 Å². The standard InChI is InChI=1S/C22H30O5/c1-12-16-17-14(10-15(23)25-17)26-22-11-13-6-4-3-5-7-21(13,27-22)9-8-20(2,18(16)22)19(12)24/h12-14,16-18H,3-11H2,1-2H3/t12-,13-,14+,16+,17-,18-,20-,21+,22+/m0/s1. The summed E-state index contributed by atoms with van der Waals surface area (Å²) in [5.41, 5.74) is -0.556. The maximum absolute atomic E-state index is 13.5. The number of fused-ring (bicyclic) bond motifs is 2. The van der Waals surface area contributed by atoms with E-state index >= 15 is 0 Å². The molecule has 4 aliphatic heterocycles. The van der Waals surface area contributed by atoms with Gasteiger partial charge in [-0.3, -0.25) is 9.59 Å². The van der Waals surface area contributed by atoms with Crippen LogP contribution in [-0.4, -0.2) is 35.3 Å². The van der Waals surface area contributed by atoms with Crippen molar-refractivity contribution in [3.63, 3.8) is 0 Å². The van der Waals surface area contributed by atoms with Gasteiger partial charge in [0.1, 0.15) is 18.0 Å². The summed E-state index contributed by atoms with van der Waals surface area (Å²) in [5.74, 6) is -0.0907.